The maximum Gasteiger partial charge on any atom is 0.246 e. The maximum atomic E-state index is 11.1. The summed E-state index contributed by atoms with van der Waals surface area (Å²) in [6.07, 6.45) is 5.01. The molecule has 3 saturated heterocycles. The highest BCUT2D eigenvalue weighted by molar-refractivity contribution is 5.85. The van der Waals surface area contributed by atoms with Crippen molar-refractivity contribution in [2.45, 2.75) is 49.8 Å². The number of fused-ring (bicyclic) bond motifs is 2. The summed E-state index contributed by atoms with van der Waals surface area (Å²) in [6.45, 7) is 0. The van der Waals surface area contributed by atoms with Crippen LogP contribution in [0.15, 0.2) is 0 Å². The lowest BCUT2D eigenvalue weighted by molar-refractivity contribution is -0.127. The number of hydrogen-bond acceptors (Lipinski definition) is 3. The zero-order valence-electron chi connectivity index (χ0n) is 7.91. The fraction of sp³-hybridized carbons (Fsp3) is 0.889. The minimum Gasteiger partial charge on any atom is -0.311 e. The summed E-state index contributed by atoms with van der Waals surface area (Å²) < 4.78 is 0. The van der Waals surface area contributed by atoms with Gasteiger partial charge in [0, 0.05) is 12.1 Å². The second-order valence-corrected chi connectivity index (χ2v) is 4.53. The first kappa shape index (κ1) is 10.2. The van der Waals surface area contributed by atoms with Crippen LogP contribution in [0.1, 0.15) is 32.1 Å². The van der Waals surface area contributed by atoms with Gasteiger partial charge in [-0.3, -0.25) is 9.63 Å². The van der Waals surface area contributed by atoms with Gasteiger partial charge in [-0.1, -0.05) is 0 Å². The molecule has 0 saturated carbocycles. The summed E-state index contributed by atoms with van der Waals surface area (Å²) in [5.74, 6) is 0.0429. The first-order valence-corrected chi connectivity index (χ1v) is 4.99. The fourth-order valence-electron chi connectivity index (χ4n) is 2.96. The van der Waals surface area contributed by atoms with Crippen molar-refractivity contribution in [3.8, 4) is 0 Å². The van der Waals surface area contributed by atoms with Crippen LogP contribution >= 0.6 is 12.4 Å². The molecule has 0 aliphatic carbocycles. The number of carbonyl (C=O) groups is 1. The third-order valence-electron chi connectivity index (χ3n) is 3.44. The summed E-state index contributed by atoms with van der Waals surface area (Å²) >= 11 is 0. The molecule has 3 fully saturated rings. The highest BCUT2D eigenvalue weighted by atomic mass is 35.5. The zero-order valence-corrected chi connectivity index (χ0v) is 8.73. The number of nitrogens with one attached hydrogen (secondary N) is 2. The van der Waals surface area contributed by atoms with Gasteiger partial charge in [-0.25, -0.2) is 5.48 Å². The van der Waals surface area contributed by atoms with Crippen LogP contribution in [0.2, 0.25) is 0 Å². The summed E-state index contributed by atoms with van der Waals surface area (Å²) in [7, 11) is 0. The Hall–Kier alpha value is -0.320. The zero-order chi connectivity index (χ0) is 8.89. The number of amides is 1. The highest BCUT2D eigenvalue weighted by Gasteiger charge is 2.49. The van der Waals surface area contributed by atoms with Crippen LogP contribution in [0, 0.1) is 0 Å². The Bertz CT molecular complexity index is 247. The smallest absolute Gasteiger partial charge is 0.246 e. The quantitative estimate of drug-likeness (QED) is 0.623. The first-order valence-electron chi connectivity index (χ1n) is 4.99. The van der Waals surface area contributed by atoms with Gasteiger partial charge in [0.15, 0.2) is 0 Å². The lowest BCUT2D eigenvalue weighted by Crippen LogP contribution is -2.48. The van der Waals surface area contributed by atoms with Gasteiger partial charge in [0.25, 0.3) is 0 Å². The van der Waals surface area contributed by atoms with Gasteiger partial charge in [0.2, 0.25) is 5.91 Å². The molecule has 1 spiro atoms. The molecule has 3 rings (SSSR count). The molecule has 3 heterocycles. The third kappa shape index (κ3) is 1.51. The molecule has 3 aliphatic rings. The molecule has 14 heavy (non-hydrogen) atoms. The number of halogens is 1. The Labute approximate surface area is 89.1 Å². The largest absolute Gasteiger partial charge is 0.311 e. The molecule has 80 valence electrons. The van der Waals surface area contributed by atoms with Crippen molar-refractivity contribution in [2.75, 3.05) is 0 Å². The molecule has 2 N–H and O–H groups in total. The van der Waals surface area contributed by atoms with Gasteiger partial charge in [0.05, 0.1) is 6.42 Å². The monoisotopic (exact) mass is 218 g/mol. The number of piperidine rings is 1. The van der Waals surface area contributed by atoms with Gasteiger partial charge in [-0.2, -0.15) is 0 Å². The van der Waals surface area contributed by atoms with Crippen LogP contribution in [0.5, 0.6) is 0 Å². The van der Waals surface area contributed by atoms with Crippen LogP contribution in [0.4, 0.5) is 0 Å². The molecule has 0 aromatic rings. The molecule has 4 nitrogen and oxygen atoms in total. The van der Waals surface area contributed by atoms with Crippen molar-refractivity contribution in [1.29, 1.82) is 0 Å². The summed E-state index contributed by atoms with van der Waals surface area (Å²) in [4.78, 5) is 16.5. The Morgan fingerprint density at radius 1 is 1.29 bits per heavy atom. The summed E-state index contributed by atoms with van der Waals surface area (Å²) in [5, 5.41) is 3.54. The second-order valence-electron chi connectivity index (χ2n) is 4.53. The van der Waals surface area contributed by atoms with Crippen LogP contribution in [0.3, 0.4) is 0 Å². The van der Waals surface area contributed by atoms with Gasteiger partial charge >= 0.3 is 0 Å². The average molecular weight is 219 g/mol. The molecule has 5 heteroatoms. The van der Waals surface area contributed by atoms with E-state index >= 15 is 0 Å². The molecule has 0 radical (unpaired) electrons. The maximum absolute atomic E-state index is 11.1. The van der Waals surface area contributed by atoms with E-state index in [-0.39, 0.29) is 23.9 Å². The van der Waals surface area contributed by atoms with Crippen molar-refractivity contribution < 1.29 is 9.63 Å². The minimum absolute atomic E-state index is 0. The molecular formula is C9H15ClN2O2. The Morgan fingerprint density at radius 2 is 1.93 bits per heavy atom. The molecule has 2 bridgehead atoms. The number of carbonyl (C=O) groups excluding carboxylic acids is 1. The average Bonchev–Trinajstić information content (AvgIpc) is 2.58. The number of rotatable bonds is 0. The van der Waals surface area contributed by atoms with Crippen molar-refractivity contribution in [2.24, 2.45) is 0 Å². The lowest BCUT2D eigenvalue weighted by atomic mass is 9.85. The van der Waals surface area contributed by atoms with E-state index in [2.05, 4.69) is 10.8 Å². The third-order valence-corrected chi connectivity index (χ3v) is 3.44. The van der Waals surface area contributed by atoms with Crippen molar-refractivity contribution in [3.63, 3.8) is 0 Å². The first-order chi connectivity index (χ1) is 6.26. The molecule has 1 amide bonds. The molecular weight excluding hydrogens is 204 g/mol. The predicted octanol–water partition coefficient (Wildman–Crippen LogP) is 0.513. The summed E-state index contributed by atoms with van der Waals surface area (Å²) in [6, 6.07) is 1.15. The SMILES string of the molecule is Cl.O=C1CC2(C[C@H]3CC[C@@H](C2)N3)ON1. The van der Waals surface area contributed by atoms with Crippen molar-refractivity contribution in [1.82, 2.24) is 10.8 Å². The normalized spacial score (nSPS) is 45.0. The van der Waals surface area contributed by atoms with Gasteiger partial charge < -0.3 is 5.32 Å². The van der Waals surface area contributed by atoms with Crippen LogP contribution in [-0.4, -0.2) is 23.6 Å². The van der Waals surface area contributed by atoms with Crippen molar-refractivity contribution in [3.05, 3.63) is 0 Å². The number of hydroxylamine groups is 1. The standard InChI is InChI=1S/C9H14N2O2.ClH/c12-8-5-9(13-11-8)3-6-1-2-7(4-9)10-6;/h6-7,10H,1-5H2,(H,11,12);1H/t6-,7+,9?;. The molecule has 3 aliphatic heterocycles. The highest BCUT2D eigenvalue weighted by Crippen LogP contribution is 2.40. The second kappa shape index (κ2) is 3.36. The summed E-state index contributed by atoms with van der Waals surface area (Å²) in [5.41, 5.74) is 2.31. The molecule has 1 unspecified atom stereocenters. The van der Waals surface area contributed by atoms with Gasteiger partial charge in [-0.15, -0.1) is 12.4 Å². The van der Waals surface area contributed by atoms with E-state index in [4.69, 9.17) is 4.84 Å². The minimum atomic E-state index is -0.172. The topological polar surface area (TPSA) is 50.4 Å². The molecule has 0 aromatic heterocycles. The van der Waals surface area contributed by atoms with Crippen LogP contribution in [0.25, 0.3) is 0 Å². The van der Waals surface area contributed by atoms with E-state index in [9.17, 15) is 4.79 Å². The van der Waals surface area contributed by atoms with E-state index < -0.39 is 0 Å². The van der Waals surface area contributed by atoms with E-state index in [0.717, 1.165) is 12.8 Å². The van der Waals surface area contributed by atoms with Gasteiger partial charge in [-0.05, 0) is 25.7 Å². The number of hydrogen-bond donors (Lipinski definition) is 2. The predicted molar refractivity (Wildman–Crippen MR) is 53.0 cm³/mol. The fourth-order valence-corrected chi connectivity index (χ4v) is 2.96. The molecule has 0 aromatic carbocycles. The van der Waals surface area contributed by atoms with E-state index in [1.54, 1.807) is 0 Å². The van der Waals surface area contributed by atoms with Gasteiger partial charge in [0.1, 0.15) is 5.60 Å². The van der Waals surface area contributed by atoms with E-state index in [1.165, 1.54) is 12.8 Å². The van der Waals surface area contributed by atoms with Crippen molar-refractivity contribution >= 4 is 18.3 Å². The Balaban J connectivity index is 0.000000750. The van der Waals surface area contributed by atoms with Crippen LogP contribution < -0.4 is 10.8 Å². The van der Waals surface area contributed by atoms with E-state index in [0.29, 0.717) is 18.5 Å². The van der Waals surface area contributed by atoms with Crippen LogP contribution in [-0.2, 0) is 9.63 Å². The Morgan fingerprint density at radius 3 is 2.43 bits per heavy atom. The Kier molecular flexibility index (Phi) is 2.45. The van der Waals surface area contributed by atoms with E-state index in [1.807, 2.05) is 0 Å². The molecule has 3 atom stereocenters. The lowest BCUT2D eigenvalue weighted by Gasteiger charge is -2.35.